The molecule has 0 aliphatic carbocycles. The maximum Gasteiger partial charge on any atom is 0.234 e. The second-order valence-corrected chi connectivity index (χ2v) is 7.93. The van der Waals surface area contributed by atoms with Crippen LogP contribution in [0.1, 0.15) is 29.5 Å². The van der Waals surface area contributed by atoms with Crippen molar-refractivity contribution in [2.45, 2.75) is 19.4 Å². The SMILES string of the molecule is CCOc1ccc(CN2CCN(C(=O)C(c3ccccc3)c3ccccc3)CC2)cc1. The van der Waals surface area contributed by atoms with Gasteiger partial charge in [0.15, 0.2) is 0 Å². The minimum absolute atomic E-state index is 0.193. The summed E-state index contributed by atoms with van der Waals surface area (Å²) in [5.74, 6) is 0.854. The monoisotopic (exact) mass is 414 g/mol. The predicted molar refractivity (Wildman–Crippen MR) is 124 cm³/mol. The molecule has 4 nitrogen and oxygen atoms in total. The Labute approximate surface area is 185 Å². The van der Waals surface area contributed by atoms with Crippen LogP contribution in [0.3, 0.4) is 0 Å². The molecule has 0 radical (unpaired) electrons. The second kappa shape index (κ2) is 10.3. The third-order valence-corrected chi connectivity index (χ3v) is 5.84. The summed E-state index contributed by atoms with van der Waals surface area (Å²) in [5, 5.41) is 0. The van der Waals surface area contributed by atoms with Crippen molar-refractivity contribution >= 4 is 5.91 Å². The molecule has 0 aromatic heterocycles. The van der Waals surface area contributed by atoms with Crippen LogP contribution < -0.4 is 4.74 Å². The van der Waals surface area contributed by atoms with Crippen LogP contribution in [0.15, 0.2) is 84.9 Å². The zero-order valence-corrected chi connectivity index (χ0v) is 18.1. The van der Waals surface area contributed by atoms with Gasteiger partial charge in [-0.05, 0) is 35.7 Å². The molecule has 1 amide bonds. The smallest absolute Gasteiger partial charge is 0.234 e. The molecule has 0 spiro atoms. The Hall–Kier alpha value is -3.11. The Morgan fingerprint density at radius 1 is 0.806 bits per heavy atom. The molecule has 3 aromatic carbocycles. The van der Waals surface area contributed by atoms with Crippen molar-refractivity contribution in [3.8, 4) is 5.75 Å². The highest BCUT2D eigenvalue weighted by Crippen LogP contribution is 2.27. The fourth-order valence-corrected chi connectivity index (χ4v) is 4.19. The van der Waals surface area contributed by atoms with E-state index in [-0.39, 0.29) is 11.8 Å². The number of piperazine rings is 1. The van der Waals surface area contributed by atoms with Crippen molar-refractivity contribution in [1.29, 1.82) is 0 Å². The minimum Gasteiger partial charge on any atom is -0.494 e. The standard InChI is InChI=1S/C27H30N2O2/c1-2-31-25-15-13-22(14-16-25)21-28-17-19-29(20-18-28)27(30)26(23-9-5-3-6-10-23)24-11-7-4-8-12-24/h3-16,26H,2,17-21H2,1H3. The Kier molecular flexibility index (Phi) is 7.00. The normalized spacial score (nSPS) is 14.6. The van der Waals surface area contributed by atoms with Crippen LogP contribution in [0.5, 0.6) is 5.75 Å². The van der Waals surface area contributed by atoms with Crippen LogP contribution in [0.25, 0.3) is 0 Å². The van der Waals surface area contributed by atoms with Crippen molar-refractivity contribution in [2.24, 2.45) is 0 Å². The van der Waals surface area contributed by atoms with Gasteiger partial charge in [0.1, 0.15) is 5.75 Å². The van der Waals surface area contributed by atoms with Crippen LogP contribution in [0.4, 0.5) is 0 Å². The molecule has 31 heavy (non-hydrogen) atoms. The molecule has 0 bridgehead atoms. The Balaban J connectivity index is 1.40. The van der Waals surface area contributed by atoms with Crippen LogP contribution in [-0.4, -0.2) is 48.5 Å². The Morgan fingerprint density at radius 2 is 1.35 bits per heavy atom. The maximum absolute atomic E-state index is 13.6. The molecule has 4 heteroatoms. The van der Waals surface area contributed by atoms with Crippen molar-refractivity contribution < 1.29 is 9.53 Å². The summed E-state index contributed by atoms with van der Waals surface area (Å²) in [7, 11) is 0. The van der Waals surface area contributed by atoms with E-state index in [1.165, 1.54) is 5.56 Å². The first kappa shape index (κ1) is 21.1. The third kappa shape index (κ3) is 5.33. The summed E-state index contributed by atoms with van der Waals surface area (Å²) in [6.07, 6.45) is 0. The molecule has 0 atom stereocenters. The van der Waals surface area contributed by atoms with E-state index < -0.39 is 0 Å². The van der Waals surface area contributed by atoms with E-state index in [1.54, 1.807) is 0 Å². The van der Waals surface area contributed by atoms with Crippen LogP contribution in [0, 0.1) is 0 Å². The van der Waals surface area contributed by atoms with Crippen molar-refractivity contribution in [2.75, 3.05) is 32.8 Å². The van der Waals surface area contributed by atoms with Gasteiger partial charge in [-0.2, -0.15) is 0 Å². The van der Waals surface area contributed by atoms with Gasteiger partial charge in [0.25, 0.3) is 0 Å². The van der Waals surface area contributed by atoms with E-state index in [1.807, 2.05) is 60.4 Å². The highest BCUT2D eigenvalue weighted by Gasteiger charge is 2.29. The lowest BCUT2D eigenvalue weighted by molar-refractivity contribution is -0.133. The van der Waals surface area contributed by atoms with E-state index in [4.69, 9.17) is 4.74 Å². The third-order valence-electron chi connectivity index (χ3n) is 5.84. The average Bonchev–Trinajstić information content (AvgIpc) is 2.82. The first-order chi connectivity index (χ1) is 15.2. The Morgan fingerprint density at radius 3 is 1.87 bits per heavy atom. The van der Waals surface area contributed by atoms with Gasteiger partial charge in [-0.3, -0.25) is 9.69 Å². The minimum atomic E-state index is -0.250. The molecular weight excluding hydrogens is 384 g/mol. The number of benzene rings is 3. The number of hydrogen-bond acceptors (Lipinski definition) is 3. The lowest BCUT2D eigenvalue weighted by Gasteiger charge is -2.36. The zero-order valence-electron chi connectivity index (χ0n) is 18.1. The summed E-state index contributed by atoms with van der Waals surface area (Å²) in [4.78, 5) is 18.0. The number of amides is 1. The van der Waals surface area contributed by atoms with E-state index in [9.17, 15) is 4.79 Å². The second-order valence-electron chi connectivity index (χ2n) is 7.93. The largest absolute Gasteiger partial charge is 0.494 e. The molecule has 160 valence electrons. The number of carbonyl (C=O) groups excluding carboxylic acids is 1. The number of hydrogen-bond donors (Lipinski definition) is 0. The average molecular weight is 415 g/mol. The van der Waals surface area contributed by atoms with Gasteiger partial charge in [-0.15, -0.1) is 0 Å². The molecule has 3 aromatic rings. The quantitative estimate of drug-likeness (QED) is 0.568. The molecule has 0 N–H and O–H groups in total. The lowest BCUT2D eigenvalue weighted by atomic mass is 9.90. The molecule has 1 aliphatic heterocycles. The number of carbonyl (C=O) groups is 1. The van der Waals surface area contributed by atoms with Crippen LogP contribution in [0.2, 0.25) is 0 Å². The van der Waals surface area contributed by atoms with Crippen LogP contribution in [-0.2, 0) is 11.3 Å². The fourth-order valence-electron chi connectivity index (χ4n) is 4.19. The molecule has 0 saturated carbocycles. The van der Waals surface area contributed by atoms with E-state index in [0.29, 0.717) is 6.61 Å². The zero-order chi connectivity index (χ0) is 21.5. The molecular formula is C27H30N2O2. The summed E-state index contributed by atoms with van der Waals surface area (Å²) in [6, 6.07) is 28.6. The van der Waals surface area contributed by atoms with Gasteiger partial charge in [-0.25, -0.2) is 0 Å². The van der Waals surface area contributed by atoms with Crippen molar-refractivity contribution in [3.05, 3.63) is 102 Å². The molecule has 4 rings (SSSR count). The predicted octanol–water partition coefficient (Wildman–Crippen LogP) is 4.56. The number of nitrogens with zero attached hydrogens (tertiary/aromatic N) is 2. The number of ether oxygens (including phenoxy) is 1. The summed E-state index contributed by atoms with van der Waals surface area (Å²) in [5.41, 5.74) is 3.38. The van der Waals surface area contributed by atoms with Crippen molar-refractivity contribution in [3.63, 3.8) is 0 Å². The highest BCUT2D eigenvalue weighted by molar-refractivity contribution is 5.87. The molecule has 1 saturated heterocycles. The number of rotatable bonds is 7. The van der Waals surface area contributed by atoms with E-state index >= 15 is 0 Å². The maximum atomic E-state index is 13.6. The Bertz CT molecular complexity index is 910. The van der Waals surface area contributed by atoms with Gasteiger partial charge in [0.05, 0.1) is 12.5 Å². The van der Waals surface area contributed by atoms with Gasteiger partial charge in [0, 0.05) is 32.7 Å². The fraction of sp³-hybridized carbons (Fsp3) is 0.296. The highest BCUT2D eigenvalue weighted by atomic mass is 16.5. The van der Waals surface area contributed by atoms with Gasteiger partial charge in [-0.1, -0.05) is 72.8 Å². The summed E-state index contributed by atoms with van der Waals surface area (Å²) in [6.45, 7) is 6.86. The van der Waals surface area contributed by atoms with Crippen LogP contribution >= 0.6 is 0 Å². The molecule has 1 fully saturated rings. The van der Waals surface area contributed by atoms with Gasteiger partial charge in [0.2, 0.25) is 5.91 Å². The molecule has 1 aliphatic rings. The summed E-state index contributed by atoms with van der Waals surface area (Å²) >= 11 is 0. The van der Waals surface area contributed by atoms with Crippen molar-refractivity contribution in [1.82, 2.24) is 9.80 Å². The topological polar surface area (TPSA) is 32.8 Å². The molecule has 1 heterocycles. The van der Waals surface area contributed by atoms with Gasteiger partial charge < -0.3 is 9.64 Å². The first-order valence-electron chi connectivity index (χ1n) is 11.1. The van der Waals surface area contributed by atoms with E-state index in [0.717, 1.165) is 49.6 Å². The molecule has 0 unspecified atom stereocenters. The lowest BCUT2D eigenvalue weighted by Crippen LogP contribution is -2.49. The summed E-state index contributed by atoms with van der Waals surface area (Å²) < 4.78 is 5.53. The first-order valence-corrected chi connectivity index (χ1v) is 11.1. The van der Waals surface area contributed by atoms with E-state index in [2.05, 4.69) is 41.3 Å². The van der Waals surface area contributed by atoms with Gasteiger partial charge >= 0.3 is 0 Å².